The van der Waals surface area contributed by atoms with E-state index >= 15 is 0 Å². The molecule has 0 fully saturated rings. The van der Waals surface area contributed by atoms with Gasteiger partial charge in [0.2, 0.25) is 0 Å². The van der Waals surface area contributed by atoms with E-state index < -0.39 is 17.8 Å². The zero-order valence-electron chi connectivity index (χ0n) is 15.6. The molecular weight excluding hydrogens is 374 g/mol. The lowest BCUT2D eigenvalue weighted by Gasteiger charge is -2.14. The first-order valence-electron chi connectivity index (χ1n) is 9.15. The van der Waals surface area contributed by atoms with Crippen molar-refractivity contribution in [3.05, 3.63) is 75.7 Å². The maximum atomic E-state index is 12.6. The van der Waals surface area contributed by atoms with Crippen LogP contribution in [0.3, 0.4) is 0 Å². The van der Waals surface area contributed by atoms with E-state index in [0.717, 1.165) is 4.90 Å². The quantitative estimate of drug-likeness (QED) is 0.486. The largest absolute Gasteiger partial charge is 0.459 e. The molecule has 0 N–H and O–H groups in total. The fraction of sp³-hybridized carbons (Fsp3) is 0.190. The van der Waals surface area contributed by atoms with Crippen LogP contribution in [0.5, 0.6) is 0 Å². The molecule has 0 atom stereocenters. The number of amides is 2. The molecule has 0 aliphatic carbocycles. The highest BCUT2D eigenvalue weighted by Crippen LogP contribution is 2.22. The molecule has 2 amide bonds. The number of fused-ring (bicyclic) bond motifs is 2. The molecule has 3 aromatic rings. The van der Waals surface area contributed by atoms with Crippen molar-refractivity contribution in [3.8, 4) is 0 Å². The standard InChI is InChI=1S/C21H17N3O5/c1-2-24-20(27)14-8-4-3-7-13(14)17(22-24)21(28)29-12-11-23-18(25)15-9-5-6-10-16(15)19(23)26/h3-10H,2,11-12H2,1H3. The molecule has 146 valence electrons. The summed E-state index contributed by atoms with van der Waals surface area (Å²) in [4.78, 5) is 50.8. The molecule has 8 nitrogen and oxygen atoms in total. The van der Waals surface area contributed by atoms with Gasteiger partial charge in [-0.15, -0.1) is 0 Å². The minimum Gasteiger partial charge on any atom is -0.459 e. The van der Waals surface area contributed by atoms with E-state index in [2.05, 4.69) is 5.10 Å². The van der Waals surface area contributed by atoms with Crippen molar-refractivity contribution < 1.29 is 19.1 Å². The lowest BCUT2D eigenvalue weighted by Crippen LogP contribution is -2.33. The molecule has 0 saturated carbocycles. The fourth-order valence-corrected chi connectivity index (χ4v) is 3.34. The summed E-state index contributed by atoms with van der Waals surface area (Å²) in [6, 6.07) is 13.2. The third-order valence-electron chi connectivity index (χ3n) is 4.79. The van der Waals surface area contributed by atoms with Crippen LogP contribution in [0.15, 0.2) is 53.3 Å². The SMILES string of the molecule is CCn1nc(C(=O)OCCN2C(=O)c3ccccc3C2=O)c2ccccc2c1=O. The summed E-state index contributed by atoms with van der Waals surface area (Å²) in [6.07, 6.45) is 0. The maximum Gasteiger partial charge on any atom is 0.359 e. The molecular formula is C21H17N3O5. The third-order valence-corrected chi connectivity index (χ3v) is 4.79. The van der Waals surface area contributed by atoms with Gasteiger partial charge in [0.15, 0.2) is 5.69 Å². The van der Waals surface area contributed by atoms with Crippen molar-refractivity contribution in [1.29, 1.82) is 0 Å². The van der Waals surface area contributed by atoms with Gasteiger partial charge in [0.05, 0.1) is 23.1 Å². The van der Waals surface area contributed by atoms with Crippen LogP contribution in [0, 0.1) is 0 Å². The number of rotatable bonds is 5. The van der Waals surface area contributed by atoms with Gasteiger partial charge in [-0.05, 0) is 25.1 Å². The van der Waals surface area contributed by atoms with Gasteiger partial charge in [0.25, 0.3) is 17.4 Å². The predicted molar refractivity (Wildman–Crippen MR) is 104 cm³/mol. The minimum atomic E-state index is -0.722. The number of hydrogen-bond donors (Lipinski definition) is 0. The number of esters is 1. The van der Waals surface area contributed by atoms with Crippen LogP contribution in [0.2, 0.25) is 0 Å². The van der Waals surface area contributed by atoms with E-state index in [9.17, 15) is 19.2 Å². The molecule has 1 aliphatic heterocycles. The Morgan fingerprint density at radius 2 is 1.52 bits per heavy atom. The van der Waals surface area contributed by atoms with Crippen LogP contribution in [0.1, 0.15) is 38.1 Å². The second-order valence-corrected chi connectivity index (χ2v) is 6.46. The van der Waals surface area contributed by atoms with E-state index in [0.29, 0.717) is 28.4 Å². The highest BCUT2D eigenvalue weighted by Gasteiger charge is 2.35. The summed E-state index contributed by atoms with van der Waals surface area (Å²) >= 11 is 0. The number of carbonyl (C=O) groups excluding carboxylic acids is 3. The van der Waals surface area contributed by atoms with Crippen LogP contribution >= 0.6 is 0 Å². The van der Waals surface area contributed by atoms with Gasteiger partial charge in [-0.3, -0.25) is 19.3 Å². The molecule has 0 radical (unpaired) electrons. The van der Waals surface area contributed by atoms with Crippen LogP contribution < -0.4 is 5.56 Å². The summed E-state index contributed by atoms with van der Waals surface area (Å²) in [5, 5.41) is 4.88. The molecule has 1 aromatic heterocycles. The summed E-state index contributed by atoms with van der Waals surface area (Å²) in [5.41, 5.74) is 0.410. The second-order valence-electron chi connectivity index (χ2n) is 6.46. The first kappa shape index (κ1) is 18.5. The van der Waals surface area contributed by atoms with Crippen molar-refractivity contribution in [2.24, 2.45) is 0 Å². The van der Waals surface area contributed by atoms with E-state index in [-0.39, 0.29) is 24.4 Å². The normalized spacial score (nSPS) is 13.1. The van der Waals surface area contributed by atoms with Crippen molar-refractivity contribution in [2.75, 3.05) is 13.2 Å². The van der Waals surface area contributed by atoms with Crippen LogP contribution in [-0.2, 0) is 11.3 Å². The molecule has 0 spiro atoms. The zero-order valence-corrected chi connectivity index (χ0v) is 15.6. The molecule has 1 aliphatic rings. The average molecular weight is 391 g/mol. The molecule has 29 heavy (non-hydrogen) atoms. The van der Waals surface area contributed by atoms with Gasteiger partial charge in [0.1, 0.15) is 6.61 Å². The van der Waals surface area contributed by atoms with Crippen molar-refractivity contribution >= 4 is 28.6 Å². The Morgan fingerprint density at radius 1 is 0.931 bits per heavy atom. The summed E-state index contributed by atoms with van der Waals surface area (Å²) < 4.78 is 6.47. The maximum absolute atomic E-state index is 12.6. The monoisotopic (exact) mass is 391 g/mol. The molecule has 0 saturated heterocycles. The lowest BCUT2D eigenvalue weighted by atomic mass is 10.1. The van der Waals surface area contributed by atoms with E-state index in [4.69, 9.17) is 4.74 Å². The Kier molecular flexibility index (Phi) is 4.67. The Balaban J connectivity index is 1.52. The molecule has 0 bridgehead atoms. The third kappa shape index (κ3) is 3.08. The Bertz CT molecular complexity index is 1180. The lowest BCUT2D eigenvalue weighted by molar-refractivity contribution is 0.0415. The smallest absolute Gasteiger partial charge is 0.359 e. The van der Waals surface area contributed by atoms with Crippen molar-refractivity contribution in [2.45, 2.75) is 13.5 Å². The summed E-state index contributed by atoms with van der Waals surface area (Å²) in [7, 11) is 0. The first-order valence-corrected chi connectivity index (χ1v) is 9.15. The topological polar surface area (TPSA) is 98.6 Å². The number of imide groups is 1. The number of carbonyl (C=O) groups is 3. The summed E-state index contributed by atoms with van der Waals surface area (Å²) in [5.74, 6) is -1.55. The number of hydrogen-bond acceptors (Lipinski definition) is 6. The van der Waals surface area contributed by atoms with Crippen LogP contribution in [0.25, 0.3) is 10.8 Å². The van der Waals surface area contributed by atoms with Gasteiger partial charge in [0, 0.05) is 11.9 Å². The average Bonchev–Trinajstić information content (AvgIpc) is 2.99. The molecule has 0 unspecified atom stereocenters. The Morgan fingerprint density at radius 3 is 2.14 bits per heavy atom. The number of nitrogens with zero attached hydrogens (tertiary/aromatic N) is 3. The number of ether oxygens (including phenoxy) is 1. The highest BCUT2D eigenvalue weighted by atomic mass is 16.5. The molecule has 8 heteroatoms. The second kappa shape index (κ2) is 7.31. The van der Waals surface area contributed by atoms with Gasteiger partial charge >= 0.3 is 5.97 Å². The molecule has 4 rings (SSSR count). The first-order chi connectivity index (χ1) is 14.0. The Labute approximate surface area is 165 Å². The Hall–Kier alpha value is -3.81. The number of aromatic nitrogens is 2. The van der Waals surface area contributed by atoms with Crippen LogP contribution in [-0.4, -0.2) is 45.6 Å². The predicted octanol–water partition coefficient (Wildman–Crippen LogP) is 1.87. The molecule has 2 aromatic carbocycles. The van der Waals surface area contributed by atoms with E-state index in [1.54, 1.807) is 55.5 Å². The summed E-state index contributed by atoms with van der Waals surface area (Å²) in [6.45, 7) is 1.81. The van der Waals surface area contributed by atoms with Crippen LogP contribution in [0.4, 0.5) is 0 Å². The highest BCUT2D eigenvalue weighted by molar-refractivity contribution is 6.21. The van der Waals surface area contributed by atoms with Gasteiger partial charge < -0.3 is 4.74 Å². The van der Waals surface area contributed by atoms with Gasteiger partial charge in [-0.25, -0.2) is 9.48 Å². The van der Waals surface area contributed by atoms with E-state index in [1.807, 2.05) is 0 Å². The minimum absolute atomic E-state index is 0.0180. The number of aryl methyl sites for hydroxylation is 1. The fourth-order valence-electron chi connectivity index (χ4n) is 3.34. The van der Waals surface area contributed by atoms with Crippen molar-refractivity contribution in [3.63, 3.8) is 0 Å². The van der Waals surface area contributed by atoms with E-state index in [1.165, 1.54) is 4.68 Å². The van der Waals surface area contributed by atoms with Crippen molar-refractivity contribution in [1.82, 2.24) is 14.7 Å². The zero-order chi connectivity index (χ0) is 20.5. The van der Waals surface area contributed by atoms with Gasteiger partial charge in [-0.1, -0.05) is 30.3 Å². The molecule has 2 heterocycles. The number of benzene rings is 2. The van der Waals surface area contributed by atoms with Gasteiger partial charge in [-0.2, -0.15) is 5.10 Å².